The van der Waals surface area contributed by atoms with E-state index in [-0.39, 0.29) is 17.3 Å². The molecular formula is C12H17FN2O2S. The van der Waals surface area contributed by atoms with Crippen molar-refractivity contribution in [2.24, 2.45) is 5.73 Å². The molecule has 0 unspecified atom stereocenters. The van der Waals surface area contributed by atoms with Crippen LogP contribution in [0.25, 0.3) is 0 Å². The van der Waals surface area contributed by atoms with Gasteiger partial charge < -0.3 is 5.73 Å². The summed E-state index contributed by atoms with van der Waals surface area (Å²) in [5, 5.41) is 0. The Morgan fingerprint density at radius 2 is 1.78 bits per heavy atom. The summed E-state index contributed by atoms with van der Waals surface area (Å²) in [6, 6.07) is 4.76. The summed E-state index contributed by atoms with van der Waals surface area (Å²) in [5.41, 5.74) is 7.10. The highest BCUT2D eigenvalue weighted by Gasteiger charge is 2.21. The van der Waals surface area contributed by atoms with Gasteiger partial charge >= 0.3 is 0 Å². The van der Waals surface area contributed by atoms with Crippen molar-refractivity contribution in [2.45, 2.75) is 13.1 Å². The van der Waals surface area contributed by atoms with E-state index in [1.807, 2.05) is 11.0 Å². The normalized spacial score (nSPS) is 19.9. The number of hydrogen-bond acceptors (Lipinski definition) is 4. The van der Waals surface area contributed by atoms with Crippen molar-refractivity contribution in [1.82, 2.24) is 4.90 Å². The average molecular weight is 272 g/mol. The van der Waals surface area contributed by atoms with Crippen molar-refractivity contribution >= 4 is 9.84 Å². The Hall–Kier alpha value is -0.980. The first-order valence-corrected chi connectivity index (χ1v) is 7.72. The van der Waals surface area contributed by atoms with E-state index in [9.17, 15) is 12.8 Å². The first kappa shape index (κ1) is 13.5. The molecule has 1 aromatic carbocycles. The molecule has 0 spiro atoms. The molecule has 18 heavy (non-hydrogen) atoms. The van der Waals surface area contributed by atoms with Crippen LogP contribution in [-0.4, -0.2) is 37.9 Å². The molecule has 1 aliphatic heterocycles. The zero-order chi connectivity index (χ0) is 13.2. The second-order valence-corrected chi connectivity index (χ2v) is 6.90. The Labute approximate surface area is 107 Å². The SMILES string of the molecule is NCc1cc(F)cc(CN2CCS(=O)(=O)CC2)c1. The molecule has 100 valence electrons. The minimum atomic E-state index is -2.86. The molecule has 2 N–H and O–H groups in total. The Morgan fingerprint density at radius 1 is 1.17 bits per heavy atom. The second-order valence-electron chi connectivity index (χ2n) is 4.60. The van der Waals surface area contributed by atoms with Crippen LogP contribution in [0.3, 0.4) is 0 Å². The summed E-state index contributed by atoms with van der Waals surface area (Å²) < 4.78 is 35.9. The lowest BCUT2D eigenvalue weighted by Gasteiger charge is -2.26. The van der Waals surface area contributed by atoms with Crippen LogP contribution in [0.1, 0.15) is 11.1 Å². The number of benzene rings is 1. The maximum absolute atomic E-state index is 13.3. The van der Waals surface area contributed by atoms with Crippen LogP contribution in [0, 0.1) is 5.82 Å². The molecule has 1 aromatic rings. The van der Waals surface area contributed by atoms with Gasteiger partial charge in [0.2, 0.25) is 0 Å². The summed E-state index contributed by atoms with van der Waals surface area (Å²) in [4.78, 5) is 2.02. The molecule has 2 rings (SSSR count). The molecule has 0 radical (unpaired) electrons. The maximum atomic E-state index is 13.3. The lowest BCUT2D eigenvalue weighted by Crippen LogP contribution is -2.39. The molecule has 1 fully saturated rings. The van der Waals surface area contributed by atoms with E-state index in [1.165, 1.54) is 12.1 Å². The number of sulfone groups is 1. The fourth-order valence-corrected chi connectivity index (χ4v) is 3.37. The quantitative estimate of drug-likeness (QED) is 0.871. The van der Waals surface area contributed by atoms with Gasteiger partial charge in [-0.15, -0.1) is 0 Å². The summed E-state index contributed by atoms with van der Waals surface area (Å²) in [7, 11) is -2.86. The van der Waals surface area contributed by atoms with Crippen LogP contribution in [0.2, 0.25) is 0 Å². The molecule has 6 heteroatoms. The zero-order valence-corrected chi connectivity index (χ0v) is 10.9. The van der Waals surface area contributed by atoms with Crippen LogP contribution < -0.4 is 5.73 Å². The van der Waals surface area contributed by atoms with Crippen molar-refractivity contribution in [3.63, 3.8) is 0 Å². The van der Waals surface area contributed by atoms with Gasteiger partial charge in [0, 0.05) is 26.2 Å². The van der Waals surface area contributed by atoms with Crippen molar-refractivity contribution in [3.05, 3.63) is 35.1 Å². The molecule has 0 aliphatic carbocycles. The molecule has 1 heterocycles. The van der Waals surface area contributed by atoms with Gasteiger partial charge in [0.1, 0.15) is 5.82 Å². The minimum Gasteiger partial charge on any atom is -0.326 e. The Balaban J connectivity index is 2.04. The van der Waals surface area contributed by atoms with Gasteiger partial charge in [-0.25, -0.2) is 12.8 Å². The fraction of sp³-hybridized carbons (Fsp3) is 0.500. The first-order valence-electron chi connectivity index (χ1n) is 5.90. The van der Waals surface area contributed by atoms with Gasteiger partial charge in [0.25, 0.3) is 0 Å². The highest BCUT2D eigenvalue weighted by molar-refractivity contribution is 7.91. The average Bonchev–Trinajstić information content (AvgIpc) is 2.31. The van der Waals surface area contributed by atoms with E-state index in [0.29, 0.717) is 26.2 Å². The third-order valence-electron chi connectivity index (χ3n) is 3.10. The Morgan fingerprint density at radius 3 is 2.39 bits per heavy atom. The van der Waals surface area contributed by atoms with Crippen LogP contribution in [0.15, 0.2) is 18.2 Å². The lowest BCUT2D eigenvalue weighted by atomic mass is 10.1. The van der Waals surface area contributed by atoms with E-state index in [0.717, 1.165) is 11.1 Å². The third kappa shape index (κ3) is 3.51. The summed E-state index contributed by atoms with van der Waals surface area (Å²) in [5.74, 6) is 0.0792. The monoisotopic (exact) mass is 272 g/mol. The molecule has 1 aliphatic rings. The summed E-state index contributed by atoms with van der Waals surface area (Å²) in [6.07, 6.45) is 0. The topological polar surface area (TPSA) is 63.4 Å². The largest absolute Gasteiger partial charge is 0.326 e. The highest BCUT2D eigenvalue weighted by Crippen LogP contribution is 2.13. The van der Waals surface area contributed by atoms with Gasteiger partial charge in [-0.05, 0) is 23.3 Å². The highest BCUT2D eigenvalue weighted by atomic mass is 32.2. The van der Waals surface area contributed by atoms with Gasteiger partial charge in [0.05, 0.1) is 11.5 Å². The minimum absolute atomic E-state index is 0.187. The number of nitrogens with two attached hydrogens (primary N) is 1. The Bertz CT molecular complexity index is 517. The summed E-state index contributed by atoms with van der Waals surface area (Å²) in [6.45, 7) is 1.90. The van der Waals surface area contributed by atoms with E-state index in [4.69, 9.17) is 5.73 Å². The van der Waals surface area contributed by atoms with Crippen LogP contribution in [0.5, 0.6) is 0 Å². The van der Waals surface area contributed by atoms with Crippen molar-refractivity contribution < 1.29 is 12.8 Å². The summed E-state index contributed by atoms with van der Waals surface area (Å²) >= 11 is 0. The molecular weight excluding hydrogens is 255 g/mol. The predicted octanol–water partition coefficient (Wildman–Crippen LogP) is 0.515. The van der Waals surface area contributed by atoms with Gasteiger partial charge in [0.15, 0.2) is 9.84 Å². The number of rotatable bonds is 3. The van der Waals surface area contributed by atoms with Crippen LogP contribution >= 0.6 is 0 Å². The van der Waals surface area contributed by atoms with Gasteiger partial charge in [-0.2, -0.15) is 0 Å². The van der Waals surface area contributed by atoms with Gasteiger partial charge in [-0.3, -0.25) is 4.90 Å². The standard InChI is InChI=1S/C12H17FN2O2S/c13-12-6-10(8-14)5-11(7-12)9-15-1-3-18(16,17)4-2-15/h5-7H,1-4,8-9,14H2. The molecule has 0 bridgehead atoms. The van der Waals surface area contributed by atoms with Gasteiger partial charge in [-0.1, -0.05) is 6.07 Å². The van der Waals surface area contributed by atoms with Crippen molar-refractivity contribution in [3.8, 4) is 0 Å². The predicted molar refractivity (Wildman–Crippen MR) is 68.2 cm³/mol. The molecule has 0 atom stereocenters. The second kappa shape index (κ2) is 5.34. The lowest BCUT2D eigenvalue weighted by molar-refractivity contribution is 0.287. The van der Waals surface area contributed by atoms with Crippen molar-refractivity contribution in [2.75, 3.05) is 24.6 Å². The molecule has 4 nitrogen and oxygen atoms in total. The third-order valence-corrected chi connectivity index (χ3v) is 4.71. The molecule has 0 saturated carbocycles. The number of hydrogen-bond donors (Lipinski definition) is 1. The number of halogens is 1. The maximum Gasteiger partial charge on any atom is 0.152 e. The van der Waals surface area contributed by atoms with E-state index in [2.05, 4.69) is 0 Å². The molecule has 0 amide bonds. The zero-order valence-electron chi connectivity index (χ0n) is 10.1. The molecule has 0 aromatic heterocycles. The molecule has 1 saturated heterocycles. The van der Waals surface area contributed by atoms with E-state index >= 15 is 0 Å². The van der Waals surface area contributed by atoms with E-state index in [1.54, 1.807) is 0 Å². The van der Waals surface area contributed by atoms with E-state index < -0.39 is 9.84 Å². The first-order chi connectivity index (χ1) is 8.48. The smallest absolute Gasteiger partial charge is 0.152 e. The van der Waals surface area contributed by atoms with Crippen LogP contribution in [-0.2, 0) is 22.9 Å². The van der Waals surface area contributed by atoms with Crippen LogP contribution in [0.4, 0.5) is 4.39 Å². The Kier molecular flexibility index (Phi) is 3.99. The number of nitrogens with zero attached hydrogens (tertiary/aromatic N) is 1. The fourth-order valence-electron chi connectivity index (χ4n) is 2.09. The van der Waals surface area contributed by atoms with Crippen molar-refractivity contribution in [1.29, 1.82) is 0 Å².